The van der Waals surface area contributed by atoms with Gasteiger partial charge in [-0.2, -0.15) is 5.10 Å². The van der Waals surface area contributed by atoms with Crippen LogP contribution in [0.2, 0.25) is 0 Å². The standard InChI is InChI=1S/C21H16FN5S/c22-16-10-12-17(13-11-16)26-14-27(21-23-18-8-4-5-9-19(18)28-21)25-20(24-26)15-6-2-1-3-7-15/h1-13H,14H2,(H,24,25). The second kappa shape index (κ2) is 6.94. The van der Waals surface area contributed by atoms with Crippen molar-refractivity contribution in [2.24, 2.45) is 5.10 Å². The Bertz CT molecular complexity index is 1110. The Morgan fingerprint density at radius 2 is 1.64 bits per heavy atom. The van der Waals surface area contributed by atoms with E-state index in [1.807, 2.05) is 58.5 Å². The van der Waals surface area contributed by atoms with Crippen molar-refractivity contribution in [3.05, 3.63) is 90.2 Å². The lowest BCUT2D eigenvalue weighted by atomic mass is 10.2. The summed E-state index contributed by atoms with van der Waals surface area (Å²) in [5, 5.41) is 9.38. The van der Waals surface area contributed by atoms with Crippen LogP contribution in [0.15, 0.2) is 84.0 Å². The third kappa shape index (κ3) is 3.16. The molecule has 28 heavy (non-hydrogen) atoms. The van der Waals surface area contributed by atoms with Crippen molar-refractivity contribution in [3.63, 3.8) is 0 Å². The molecule has 0 amide bonds. The first-order valence-corrected chi connectivity index (χ1v) is 9.65. The minimum absolute atomic E-state index is 0.269. The molecule has 0 fully saturated rings. The summed E-state index contributed by atoms with van der Waals surface area (Å²) in [5.41, 5.74) is 6.10. The number of para-hydroxylation sites is 1. The van der Waals surface area contributed by atoms with Crippen molar-refractivity contribution < 1.29 is 4.39 Å². The van der Waals surface area contributed by atoms with Gasteiger partial charge in [-0.3, -0.25) is 5.43 Å². The number of benzene rings is 3. The zero-order valence-electron chi connectivity index (χ0n) is 14.8. The number of anilines is 2. The molecule has 4 aromatic rings. The molecule has 1 aliphatic heterocycles. The average molecular weight is 389 g/mol. The van der Waals surface area contributed by atoms with Gasteiger partial charge in [-0.1, -0.05) is 53.8 Å². The zero-order chi connectivity index (χ0) is 18.9. The fraction of sp³-hybridized carbons (Fsp3) is 0.0476. The zero-order valence-corrected chi connectivity index (χ0v) is 15.6. The van der Waals surface area contributed by atoms with Gasteiger partial charge in [0, 0.05) is 5.56 Å². The Kier molecular flexibility index (Phi) is 4.14. The number of thiazole rings is 1. The van der Waals surface area contributed by atoms with E-state index >= 15 is 0 Å². The largest absolute Gasteiger partial charge is 0.276 e. The number of halogens is 1. The molecule has 0 unspecified atom stereocenters. The smallest absolute Gasteiger partial charge is 0.207 e. The molecular weight excluding hydrogens is 373 g/mol. The van der Waals surface area contributed by atoms with Crippen molar-refractivity contribution in [1.29, 1.82) is 0 Å². The monoisotopic (exact) mass is 389 g/mol. The average Bonchev–Trinajstić information content (AvgIpc) is 3.19. The van der Waals surface area contributed by atoms with Gasteiger partial charge in [0.2, 0.25) is 5.13 Å². The topological polar surface area (TPSA) is 43.8 Å². The summed E-state index contributed by atoms with van der Waals surface area (Å²) in [6.45, 7) is 0.446. The highest BCUT2D eigenvalue weighted by Gasteiger charge is 2.23. The lowest BCUT2D eigenvalue weighted by molar-refractivity contribution is 0.626. The van der Waals surface area contributed by atoms with Crippen LogP contribution in [-0.4, -0.2) is 17.5 Å². The van der Waals surface area contributed by atoms with Crippen LogP contribution in [0.5, 0.6) is 0 Å². The number of hydrazine groups is 1. The molecule has 0 radical (unpaired) electrons. The maximum atomic E-state index is 13.4. The number of aromatic nitrogens is 1. The van der Waals surface area contributed by atoms with E-state index in [1.165, 1.54) is 12.1 Å². The number of hydrogen-bond donors (Lipinski definition) is 1. The molecule has 1 aromatic heterocycles. The minimum Gasteiger partial charge on any atom is -0.276 e. The Balaban J connectivity index is 1.55. The molecule has 0 saturated heterocycles. The van der Waals surface area contributed by atoms with E-state index < -0.39 is 0 Å². The molecule has 2 heterocycles. The maximum absolute atomic E-state index is 13.4. The maximum Gasteiger partial charge on any atom is 0.207 e. The fourth-order valence-corrected chi connectivity index (χ4v) is 3.95. The molecule has 138 valence electrons. The van der Waals surface area contributed by atoms with Crippen molar-refractivity contribution >= 4 is 38.2 Å². The van der Waals surface area contributed by atoms with Gasteiger partial charge in [0.25, 0.3) is 0 Å². The molecule has 0 bridgehead atoms. The lowest BCUT2D eigenvalue weighted by Crippen LogP contribution is -2.53. The van der Waals surface area contributed by atoms with E-state index in [-0.39, 0.29) is 5.82 Å². The Labute approximate surface area is 165 Å². The summed E-state index contributed by atoms with van der Waals surface area (Å²) in [5.74, 6) is 0.435. The van der Waals surface area contributed by atoms with Crippen LogP contribution in [0, 0.1) is 5.82 Å². The highest BCUT2D eigenvalue weighted by atomic mass is 32.1. The van der Waals surface area contributed by atoms with Crippen molar-refractivity contribution in [2.45, 2.75) is 0 Å². The van der Waals surface area contributed by atoms with Crippen molar-refractivity contribution in [3.8, 4) is 0 Å². The number of nitrogens with zero attached hydrogens (tertiary/aromatic N) is 4. The van der Waals surface area contributed by atoms with Gasteiger partial charge in [-0.25, -0.2) is 19.4 Å². The van der Waals surface area contributed by atoms with E-state index in [0.717, 1.165) is 26.6 Å². The van der Waals surface area contributed by atoms with Crippen LogP contribution >= 0.6 is 11.3 Å². The summed E-state index contributed by atoms with van der Waals surface area (Å²) >= 11 is 1.61. The first-order valence-electron chi connectivity index (χ1n) is 8.83. The van der Waals surface area contributed by atoms with Crippen molar-refractivity contribution in [1.82, 2.24) is 10.4 Å². The molecule has 5 rings (SSSR count). The molecule has 0 saturated carbocycles. The van der Waals surface area contributed by atoms with Gasteiger partial charge in [0.15, 0.2) is 5.84 Å². The van der Waals surface area contributed by atoms with Gasteiger partial charge < -0.3 is 0 Å². The summed E-state index contributed by atoms with van der Waals surface area (Å²) < 4.78 is 14.5. The van der Waals surface area contributed by atoms with Gasteiger partial charge >= 0.3 is 0 Å². The van der Waals surface area contributed by atoms with Crippen LogP contribution in [0.25, 0.3) is 10.2 Å². The van der Waals surface area contributed by atoms with Crippen LogP contribution in [-0.2, 0) is 0 Å². The predicted octanol–water partition coefficient (Wildman–Crippen LogP) is 4.59. The number of rotatable bonds is 3. The molecule has 0 aliphatic carbocycles. The van der Waals surface area contributed by atoms with Crippen LogP contribution in [0.1, 0.15) is 5.56 Å². The van der Waals surface area contributed by atoms with E-state index in [2.05, 4.69) is 11.5 Å². The van der Waals surface area contributed by atoms with Gasteiger partial charge in [0.05, 0.1) is 15.9 Å². The first kappa shape index (κ1) is 16.7. The van der Waals surface area contributed by atoms with Gasteiger partial charge in [0.1, 0.15) is 12.5 Å². The lowest BCUT2D eigenvalue weighted by Gasteiger charge is -2.34. The number of hydrogen-bond acceptors (Lipinski definition) is 6. The van der Waals surface area contributed by atoms with Gasteiger partial charge in [-0.15, -0.1) is 0 Å². The third-order valence-corrected chi connectivity index (χ3v) is 5.48. The van der Waals surface area contributed by atoms with Gasteiger partial charge in [-0.05, 0) is 36.4 Å². The van der Waals surface area contributed by atoms with E-state index in [0.29, 0.717) is 12.5 Å². The number of fused-ring (bicyclic) bond motifs is 1. The summed E-state index contributed by atoms with van der Waals surface area (Å²) in [4.78, 5) is 4.75. The number of nitrogens with one attached hydrogen (secondary N) is 1. The number of hydrazone groups is 1. The Hall–Kier alpha value is -3.45. The van der Waals surface area contributed by atoms with Crippen molar-refractivity contribution in [2.75, 3.05) is 16.7 Å². The second-order valence-electron chi connectivity index (χ2n) is 6.34. The van der Waals surface area contributed by atoms with Crippen LogP contribution < -0.4 is 15.4 Å². The Morgan fingerprint density at radius 3 is 2.43 bits per heavy atom. The van der Waals surface area contributed by atoms with Crippen LogP contribution in [0.3, 0.4) is 0 Å². The molecule has 0 atom stereocenters. The Morgan fingerprint density at radius 1 is 0.893 bits per heavy atom. The number of amidine groups is 1. The molecule has 7 heteroatoms. The summed E-state index contributed by atoms with van der Waals surface area (Å²) in [6, 6.07) is 24.3. The molecule has 1 N–H and O–H groups in total. The minimum atomic E-state index is -0.269. The predicted molar refractivity (Wildman–Crippen MR) is 112 cm³/mol. The molecule has 0 spiro atoms. The summed E-state index contributed by atoms with van der Waals surface area (Å²) in [6.07, 6.45) is 0. The SMILES string of the molecule is Fc1ccc(N2CN(c3nc4ccccc4s3)NC(c3ccccc3)=N2)cc1. The molecule has 3 aromatic carbocycles. The fourth-order valence-electron chi connectivity index (χ4n) is 3.03. The highest BCUT2D eigenvalue weighted by Crippen LogP contribution is 2.29. The summed E-state index contributed by atoms with van der Waals surface area (Å²) in [7, 11) is 0. The quantitative estimate of drug-likeness (QED) is 0.557. The second-order valence-corrected chi connectivity index (χ2v) is 7.35. The van der Waals surface area contributed by atoms with E-state index in [1.54, 1.807) is 23.5 Å². The highest BCUT2D eigenvalue weighted by molar-refractivity contribution is 7.22. The molecule has 5 nitrogen and oxygen atoms in total. The van der Waals surface area contributed by atoms with E-state index in [4.69, 9.17) is 10.1 Å². The normalized spacial score (nSPS) is 14.1. The molecular formula is C21H16FN5S. The van der Waals surface area contributed by atoms with Crippen LogP contribution in [0.4, 0.5) is 15.2 Å². The third-order valence-electron chi connectivity index (χ3n) is 4.42. The molecule has 1 aliphatic rings. The van der Waals surface area contributed by atoms with E-state index in [9.17, 15) is 4.39 Å². The first-order chi connectivity index (χ1) is 13.8.